The molecule has 2 N–H and O–H groups in total. The number of aromatic nitrogens is 1. The SMILES string of the molecule is Cc1cc(NC(=O)C2CCN(C(=O)NC3CC3)CC2)sn1. The Balaban J connectivity index is 1.46. The standard InChI is InChI=1S/C14H20N4O2S/c1-9-8-12(21-17-9)16-13(19)10-4-6-18(7-5-10)14(20)15-11-2-3-11/h8,10-11H,2-7H2,1H3,(H,15,20)(H,16,19). The van der Waals surface area contributed by atoms with Crippen molar-refractivity contribution in [2.45, 2.75) is 38.6 Å². The fourth-order valence-electron chi connectivity index (χ4n) is 2.48. The number of hydrogen-bond donors (Lipinski definition) is 2. The lowest BCUT2D eigenvalue weighted by atomic mass is 9.96. The summed E-state index contributed by atoms with van der Waals surface area (Å²) in [5.41, 5.74) is 0.918. The number of anilines is 1. The molecule has 6 nitrogen and oxygen atoms in total. The molecule has 1 aliphatic heterocycles. The van der Waals surface area contributed by atoms with Crippen LogP contribution in [0.3, 0.4) is 0 Å². The van der Waals surface area contributed by atoms with Crippen LogP contribution in [0.5, 0.6) is 0 Å². The Morgan fingerprint density at radius 3 is 2.57 bits per heavy atom. The molecule has 0 spiro atoms. The second kappa shape index (κ2) is 6.01. The Kier molecular flexibility index (Phi) is 4.10. The van der Waals surface area contributed by atoms with E-state index in [1.165, 1.54) is 11.5 Å². The summed E-state index contributed by atoms with van der Waals surface area (Å²) in [4.78, 5) is 25.9. The molecule has 1 saturated heterocycles. The number of aryl methyl sites for hydroxylation is 1. The second-order valence-electron chi connectivity index (χ2n) is 5.81. The molecule has 1 saturated carbocycles. The average Bonchev–Trinajstić information content (AvgIpc) is 3.20. The predicted molar refractivity (Wildman–Crippen MR) is 81.3 cm³/mol. The van der Waals surface area contributed by atoms with Gasteiger partial charge in [-0.3, -0.25) is 4.79 Å². The number of amides is 3. The van der Waals surface area contributed by atoms with Crippen molar-refractivity contribution in [1.82, 2.24) is 14.6 Å². The van der Waals surface area contributed by atoms with Gasteiger partial charge in [0.15, 0.2) is 0 Å². The van der Waals surface area contributed by atoms with E-state index in [2.05, 4.69) is 15.0 Å². The van der Waals surface area contributed by atoms with Crippen molar-refractivity contribution in [2.75, 3.05) is 18.4 Å². The summed E-state index contributed by atoms with van der Waals surface area (Å²) >= 11 is 1.30. The highest BCUT2D eigenvalue weighted by Gasteiger charge is 2.30. The fraction of sp³-hybridized carbons (Fsp3) is 0.643. The molecule has 1 aromatic rings. The molecule has 7 heteroatoms. The van der Waals surface area contributed by atoms with Gasteiger partial charge in [0, 0.05) is 25.0 Å². The molecule has 0 atom stereocenters. The number of nitrogens with one attached hydrogen (secondary N) is 2. The van der Waals surface area contributed by atoms with Gasteiger partial charge in [-0.1, -0.05) is 0 Å². The number of carbonyl (C=O) groups excluding carboxylic acids is 2. The first-order chi connectivity index (χ1) is 10.1. The smallest absolute Gasteiger partial charge is 0.317 e. The van der Waals surface area contributed by atoms with Crippen molar-refractivity contribution in [2.24, 2.45) is 5.92 Å². The quantitative estimate of drug-likeness (QED) is 0.896. The molecule has 2 aliphatic rings. The molecule has 0 aromatic carbocycles. The lowest BCUT2D eigenvalue weighted by Gasteiger charge is -2.31. The minimum Gasteiger partial charge on any atom is -0.335 e. The van der Waals surface area contributed by atoms with Gasteiger partial charge >= 0.3 is 6.03 Å². The van der Waals surface area contributed by atoms with Crippen LogP contribution in [-0.4, -0.2) is 40.3 Å². The van der Waals surface area contributed by atoms with E-state index in [1.807, 2.05) is 17.9 Å². The van der Waals surface area contributed by atoms with Crippen molar-refractivity contribution in [3.8, 4) is 0 Å². The Morgan fingerprint density at radius 1 is 1.29 bits per heavy atom. The minimum absolute atomic E-state index is 0.0163. The van der Waals surface area contributed by atoms with Crippen LogP contribution in [0.1, 0.15) is 31.4 Å². The molecule has 114 valence electrons. The van der Waals surface area contributed by atoms with Crippen LogP contribution < -0.4 is 10.6 Å². The first kappa shape index (κ1) is 14.3. The third-order valence-corrected chi connectivity index (χ3v) is 4.73. The Hall–Kier alpha value is -1.63. The summed E-state index contributed by atoms with van der Waals surface area (Å²) in [6.45, 7) is 3.21. The molecule has 21 heavy (non-hydrogen) atoms. The molecule has 3 amide bonds. The number of likely N-dealkylation sites (tertiary alicyclic amines) is 1. The summed E-state index contributed by atoms with van der Waals surface area (Å²) in [5, 5.41) is 6.70. The summed E-state index contributed by atoms with van der Waals surface area (Å²) < 4.78 is 4.15. The molecule has 0 radical (unpaired) electrons. The van der Waals surface area contributed by atoms with Crippen LogP contribution in [-0.2, 0) is 4.79 Å². The van der Waals surface area contributed by atoms with Gasteiger partial charge in [0.2, 0.25) is 5.91 Å². The van der Waals surface area contributed by atoms with Gasteiger partial charge < -0.3 is 15.5 Å². The zero-order valence-corrected chi connectivity index (χ0v) is 12.9. The van der Waals surface area contributed by atoms with E-state index in [1.54, 1.807) is 0 Å². The molecular formula is C14H20N4O2S. The van der Waals surface area contributed by atoms with E-state index in [4.69, 9.17) is 0 Å². The van der Waals surface area contributed by atoms with Crippen molar-refractivity contribution < 1.29 is 9.59 Å². The average molecular weight is 308 g/mol. The van der Waals surface area contributed by atoms with Crippen LogP contribution in [0.2, 0.25) is 0 Å². The van der Waals surface area contributed by atoms with Crippen molar-refractivity contribution in [1.29, 1.82) is 0 Å². The highest BCUT2D eigenvalue weighted by atomic mass is 32.1. The van der Waals surface area contributed by atoms with Crippen molar-refractivity contribution in [3.63, 3.8) is 0 Å². The number of hydrogen-bond acceptors (Lipinski definition) is 4. The zero-order valence-electron chi connectivity index (χ0n) is 12.1. The first-order valence-electron chi connectivity index (χ1n) is 7.41. The number of piperidine rings is 1. The number of nitrogens with zero attached hydrogens (tertiary/aromatic N) is 2. The topological polar surface area (TPSA) is 74.3 Å². The normalized spacial score (nSPS) is 19.4. The minimum atomic E-state index is -0.0163. The number of carbonyl (C=O) groups is 2. The van der Waals surface area contributed by atoms with Gasteiger partial charge in [-0.2, -0.15) is 4.37 Å². The van der Waals surface area contributed by atoms with Gasteiger partial charge in [-0.05, 0) is 50.2 Å². The number of rotatable bonds is 3. The van der Waals surface area contributed by atoms with E-state index >= 15 is 0 Å². The van der Waals surface area contributed by atoms with Gasteiger partial charge in [0.25, 0.3) is 0 Å². The van der Waals surface area contributed by atoms with E-state index in [-0.39, 0.29) is 17.9 Å². The Morgan fingerprint density at radius 2 is 2.00 bits per heavy atom. The third kappa shape index (κ3) is 3.72. The first-order valence-corrected chi connectivity index (χ1v) is 8.19. The Labute approximate surface area is 128 Å². The molecule has 2 heterocycles. The third-order valence-electron chi connectivity index (χ3n) is 3.93. The molecule has 1 aromatic heterocycles. The van der Waals surface area contributed by atoms with E-state index < -0.39 is 0 Å². The van der Waals surface area contributed by atoms with Crippen LogP contribution in [0.4, 0.5) is 9.80 Å². The summed E-state index contributed by atoms with van der Waals surface area (Å²) in [6, 6.07) is 2.28. The van der Waals surface area contributed by atoms with E-state index in [0.29, 0.717) is 19.1 Å². The lowest BCUT2D eigenvalue weighted by molar-refractivity contribution is -0.121. The van der Waals surface area contributed by atoms with Crippen LogP contribution in [0.25, 0.3) is 0 Å². The van der Waals surface area contributed by atoms with E-state index in [0.717, 1.165) is 36.4 Å². The van der Waals surface area contributed by atoms with Gasteiger partial charge in [-0.15, -0.1) is 0 Å². The van der Waals surface area contributed by atoms with Crippen molar-refractivity contribution >= 4 is 28.5 Å². The van der Waals surface area contributed by atoms with Gasteiger partial charge in [0.1, 0.15) is 5.00 Å². The molecule has 0 unspecified atom stereocenters. The largest absolute Gasteiger partial charge is 0.335 e. The maximum atomic E-state index is 12.2. The highest BCUT2D eigenvalue weighted by Crippen LogP contribution is 2.23. The molecule has 3 rings (SSSR count). The summed E-state index contributed by atoms with van der Waals surface area (Å²) in [5.74, 6) is 0.0262. The maximum absolute atomic E-state index is 12.2. The van der Waals surface area contributed by atoms with E-state index in [9.17, 15) is 9.59 Å². The zero-order chi connectivity index (χ0) is 14.8. The predicted octanol–water partition coefficient (Wildman–Crippen LogP) is 1.97. The van der Waals surface area contributed by atoms with Crippen LogP contribution >= 0.6 is 11.5 Å². The number of urea groups is 1. The van der Waals surface area contributed by atoms with Crippen LogP contribution in [0.15, 0.2) is 6.07 Å². The van der Waals surface area contributed by atoms with Gasteiger partial charge in [0.05, 0.1) is 5.69 Å². The molecule has 0 bridgehead atoms. The lowest BCUT2D eigenvalue weighted by Crippen LogP contribution is -2.46. The Bertz CT molecular complexity index is 533. The van der Waals surface area contributed by atoms with Crippen LogP contribution in [0, 0.1) is 12.8 Å². The summed E-state index contributed by atoms with van der Waals surface area (Å²) in [7, 11) is 0. The summed E-state index contributed by atoms with van der Waals surface area (Å²) in [6.07, 6.45) is 3.64. The molecule has 2 fully saturated rings. The van der Waals surface area contributed by atoms with Gasteiger partial charge in [-0.25, -0.2) is 4.79 Å². The van der Waals surface area contributed by atoms with Crippen molar-refractivity contribution in [3.05, 3.63) is 11.8 Å². The molecule has 1 aliphatic carbocycles. The second-order valence-corrected chi connectivity index (χ2v) is 6.61. The fourth-order valence-corrected chi connectivity index (χ4v) is 3.15. The highest BCUT2D eigenvalue weighted by molar-refractivity contribution is 7.10. The molecular weight excluding hydrogens is 288 g/mol. The maximum Gasteiger partial charge on any atom is 0.317 e. The monoisotopic (exact) mass is 308 g/mol.